The van der Waals surface area contributed by atoms with Gasteiger partial charge in [-0.15, -0.1) is 0 Å². The molecule has 1 heteroatoms. The van der Waals surface area contributed by atoms with E-state index < -0.39 is 0 Å². The quantitative estimate of drug-likeness (QED) is 0.396. The van der Waals surface area contributed by atoms with Gasteiger partial charge in [-0.25, -0.2) is 0 Å². The number of allylic oxidation sites excluding steroid dienone is 1. The van der Waals surface area contributed by atoms with Gasteiger partial charge >= 0.3 is 0 Å². The van der Waals surface area contributed by atoms with E-state index in [-0.39, 0.29) is 0 Å². The molecule has 0 aromatic rings. The molecule has 2 aliphatic carbocycles. The van der Waals surface area contributed by atoms with Gasteiger partial charge in [0.05, 0.1) is 0 Å². The van der Waals surface area contributed by atoms with Crippen LogP contribution in [-0.4, -0.2) is 6.10 Å². The summed E-state index contributed by atoms with van der Waals surface area (Å²) in [5, 5.41) is 0. The molecule has 2 unspecified atom stereocenters. The minimum Gasteiger partial charge on any atom is -0.362 e. The first-order valence-corrected chi connectivity index (χ1v) is 4.13. The SMILES string of the molecule is [CH]1OC1C1=C2CCC(C2)C1. The van der Waals surface area contributed by atoms with Crippen LogP contribution in [0.1, 0.15) is 25.7 Å². The van der Waals surface area contributed by atoms with Gasteiger partial charge < -0.3 is 4.74 Å². The molecule has 2 bridgehead atoms. The fourth-order valence-corrected chi connectivity index (χ4v) is 2.37. The van der Waals surface area contributed by atoms with Gasteiger partial charge in [0, 0.05) is 0 Å². The zero-order chi connectivity index (χ0) is 6.55. The zero-order valence-electron chi connectivity index (χ0n) is 5.97. The highest BCUT2D eigenvalue weighted by atomic mass is 16.6. The molecule has 1 nitrogen and oxygen atoms in total. The van der Waals surface area contributed by atoms with E-state index in [0.29, 0.717) is 6.10 Å². The fraction of sp³-hybridized carbons (Fsp3) is 0.667. The molecule has 1 radical (unpaired) electrons. The second-order valence-electron chi connectivity index (χ2n) is 3.63. The minimum atomic E-state index is 0.459. The van der Waals surface area contributed by atoms with Crippen molar-refractivity contribution < 1.29 is 4.74 Å². The summed E-state index contributed by atoms with van der Waals surface area (Å²) in [4.78, 5) is 0. The second kappa shape index (κ2) is 1.65. The summed E-state index contributed by atoms with van der Waals surface area (Å²) in [6, 6.07) is 0. The van der Waals surface area contributed by atoms with Crippen molar-refractivity contribution in [2.45, 2.75) is 31.8 Å². The molecule has 1 aliphatic heterocycles. The summed E-state index contributed by atoms with van der Waals surface area (Å²) in [6.45, 7) is 1.96. The number of ether oxygens (including phenoxy) is 1. The molecule has 0 amide bonds. The first-order chi connectivity index (χ1) is 4.93. The van der Waals surface area contributed by atoms with Crippen LogP contribution < -0.4 is 0 Å². The maximum Gasteiger partial charge on any atom is 0.117 e. The average molecular weight is 135 g/mol. The predicted octanol–water partition coefficient (Wildman–Crippen LogP) is 2.05. The van der Waals surface area contributed by atoms with Crippen molar-refractivity contribution in [2.75, 3.05) is 0 Å². The van der Waals surface area contributed by atoms with E-state index in [1.807, 2.05) is 6.61 Å². The van der Waals surface area contributed by atoms with Gasteiger partial charge in [0.1, 0.15) is 12.7 Å². The Morgan fingerprint density at radius 1 is 1.40 bits per heavy atom. The number of fused-ring (bicyclic) bond motifs is 2. The number of epoxide rings is 1. The lowest BCUT2D eigenvalue weighted by Crippen LogP contribution is -1.98. The molecule has 0 aromatic heterocycles. The smallest absolute Gasteiger partial charge is 0.117 e. The lowest BCUT2D eigenvalue weighted by Gasteiger charge is -2.08. The van der Waals surface area contributed by atoms with Gasteiger partial charge in [0.2, 0.25) is 0 Å². The highest BCUT2D eigenvalue weighted by Crippen LogP contribution is 2.48. The molecule has 0 N–H and O–H groups in total. The van der Waals surface area contributed by atoms with Crippen LogP contribution in [0.3, 0.4) is 0 Å². The topological polar surface area (TPSA) is 12.5 Å². The summed E-state index contributed by atoms with van der Waals surface area (Å²) >= 11 is 0. The van der Waals surface area contributed by atoms with E-state index in [0.717, 1.165) is 5.92 Å². The summed E-state index contributed by atoms with van der Waals surface area (Å²) in [5.41, 5.74) is 3.36. The van der Waals surface area contributed by atoms with E-state index in [4.69, 9.17) is 4.74 Å². The van der Waals surface area contributed by atoms with Crippen molar-refractivity contribution >= 4 is 0 Å². The Bertz CT molecular complexity index is 201. The first-order valence-electron chi connectivity index (χ1n) is 4.13. The van der Waals surface area contributed by atoms with Crippen molar-refractivity contribution in [3.05, 3.63) is 17.8 Å². The Balaban J connectivity index is 1.94. The van der Waals surface area contributed by atoms with Gasteiger partial charge in [-0.2, -0.15) is 0 Å². The maximum absolute atomic E-state index is 5.16. The van der Waals surface area contributed by atoms with Crippen LogP contribution >= 0.6 is 0 Å². The third-order valence-electron chi connectivity index (χ3n) is 2.97. The normalized spacial score (nSPS) is 43.2. The number of hydrogen-bond donors (Lipinski definition) is 0. The number of rotatable bonds is 1. The predicted molar refractivity (Wildman–Crippen MR) is 38.2 cm³/mol. The third kappa shape index (κ3) is 0.615. The van der Waals surface area contributed by atoms with Crippen LogP contribution in [0.15, 0.2) is 11.1 Å². The van der Waals surface area contributed by atoms with Crippen molar-refractivity contribution in [3.8, 4) is 0 Å². The summed E-state index contributed by atoms with van der Waals surface area (Å²) in [5.74, 6) is 1.00. The van der Waals surface area contributed by atoms with Gasteiger partial charge in [-0.1, -0.05) is 5.57 Å². The van der Waals surface area contributed by atoms with Gasteiger partial charge in [0.25, 0.3) is 0 Å². The Morgan fingerprint density at radius 2 is 2.30 bits per heavy atom. The Labute approximate surface area is 61.1 Å². The molecule has 1 heterocycles. The number of hydrogen-bond acceptors (Lipinski definition) is 1. The standard InChI is InChI=1S/C9H11O/c1-2-7-3-6(1)4-8(7)9-5-10-9/h5-6,9H,1-4H2. The fourth-order valence-electron chi connectivity index (χ4n) is 2.37. The van der Waals surface area contributed by atoms with Crippen LogP contribution in [0, 0.1) is 12.5 Å². The summed E-state index contributed by atoms with van der Waals surface area (Å²) < 4.78 is 5.16. The largest absolute Gasteiger partial charge is 0.362 e. The maximum atomic E-state index is 5.16. The molecule has 2 atom stereocenters. The molecule has 10 heavy (non-hydrogen) atoms. The van der Waals surface area contributed by atoms with E-state index in [1.54, 1.807) is 11.1 Å². The Kier molecular flexibility index (Phi) is 0.883. The molecule has 3 rings (SSSR count). The average Bonchev–Trinajstić information content (AvgIpc) is 2.60. The van der Waals surface area contributed by atoms with E-state index in [2.05, 4.69) is 0 Å². The molecule has 0 aromatic carbocycles. The highest BCUT2D eigenvalue weighted by molar-refractivity contribution is 5.32. The lowest BCUT2D eigenvalue weighted by atomic mass is 9.97. The van der Waals surface area contributed by atoms with Crippen LogP contribution in [0.4, 0.5) is 0 Å². The summed E-state index contributed by atoms with van der Waals surface area (Å²) in [6.07, 6.45) is 6.01. The van der Waals surface area contributed by atoms with Crippen molar-refractivity contribution in [1.82, 2.24) is 0 Å². The van der Waals surface area contributed by atoms with E-state index >= 15 is 0 Å². The van der Waals surface area contributed by atoms with Gasteiger partial charge in [-0.3, -0.25) is 0 Å². The molecule has 2 fully saturated rings. The molecule has 3 aliphatic rings. The molecule has 0 spiro atoms. The monoisotopic (exact) mass is 135 g/mol. The second-order valence-corrected chi connectivity index (χ2v) is 3.63. The van der Waals surface area contributed by atoms with E-state index in [1.165, 1.54) is 25.7 Å². The Hall–Kier alpha value is -0.300. The van der Waals surface area contributed by atoms with Crippen molar-refractivity contribution in [1.29, 1.82) is 0 Å². The first kappa shape index (κ1) is 5.36. The summed E-state index contributed by atoms with van der Waals surface area (Å²) in [7, 11) is 0. The van der Waals surface area contributed by atoms with Crippen LogP contribution in [0.5, 0.6) is 0 Å². The van der Waals surface area contributed by atoms with Crippen LogP contribution in [0.25, 0.3) is 0 Å². The van der Waals surface area contributed by atoms with Crippen LogP contribution in [-0.2, 0) is 4.74 Å². The lowest BCUT2D eigenvalue weighted by molar-refractivity contribution is 0.435. The molecular formula is C9H11O. The third-order valence-corrected chi connectivity index (χ3v) is 2.97. The molecule has 1 saturated carbocycles. The minimum absolute atomic E-state index is 0.459. The zero-order valence-corrected chi connectivity index (χ0v) is 5.97. The highest BCUT2D eigenvalue weighted by Gasteiger charge is 2.39. The van der Waals surface area contributed by atoms with Crippen LogP contribution in [0.2, 0.25) is 0 Å². The van der Waals surface area contributed by atoms with Crippen molar-refractivity contribution in [3.63, 3.8) is 0 Å². The Morgan fingerprint density at radius 3 is 2.80 bits per heavy atom. The molecular weight excluding hydrogens is 124 g/mol. The molecule has 1 saturated heterocycles. The van der Waals surface area contributed by atoms with Gasteiger partial charge in [-0.05, 0) is 37.2 Å². The molecule has 53 valence electrons. The van der Waals surface area contributed by atoms with Crippen molar-refractivity contribution in [2.24, 2.45) is 5.92 Å². The van der Waals surface area contributed by atoms with Gasteiger partial charge in [0.15, 0.2) is 0 Å². The van der Waals surface area contributed by atoms with E-state index in [9.17, 15) is 0 Å².